The Kier molecular flexibility index (Phi) is 6.43. The van der Waals surface area contributed by atoms with Gasteiger partial charge in [0.05, 0.1) is 12.8 Å². The van der Waals surface area contributed by atoms with Crippen LogP contribution in [0.2, 0.25) is 0 Å². The molecule has 0 fully saturated rings. The van der Waals surface area contributed by atoms with E-state index in [0.29, 0.717) is 0 Å². The van der Waals surface area contributed by atoms with Crippen LogP contribution in [-0.4, -0.2) is 48.6 Å². The maximum atomic E-state index is 14.0. The summed E-state index contributed by atoms with van der Waals surface area (Å²) >= 11 is 0. The second kappa shape index (κ2) is 7.91. The van der Waals surface area contributed by atoms with Crippen molar-refractivity contribution < 1.29 is 27.8 Å². The Morgan fingerprint density at radius 2 is 1.92 bits per heavy atom. The molecule has 0 radical (unpaired) electrons. The molecule has 25 heavy (non-hydrogen) atoms. The monoisotopic (exact) mass is 357 g/mol. The molecule has 1 rings (SSSR count). The fraction of sp³-hybridized carbons (Fsp3) is 0.438. The Morgan fingerprint density at radius 1 is 1.32 bits per heavy atom. The number of ketones is 1. The molecule has 0 aliphatic carbocycles. The number of Topliss-reactive ketones (excluding diaryl/α,β-unsaturated/α-hetero) is 1. The lowest BCUT2D eigenvalue weighted by Crippen LogP contribution is -2.28. The third-order valence-electron chi connectivity index (χ3n) is 2.58. The van der Waals surface area contributed by atoms with Crippen LogP contribution in [0.15, 0.2) is 18.1 Å². The standard InChI is InChI=1S/C16H21F2N3O4/c1-16(2,3)25-15(23)19-11-7-9(17)14(24-6)20-12(11)13(22)10(18)8-21(4)5/h7-8H,1-6H3,(H,19,23)/b10-8-. The molecule has 1 aromatic heterocycles. The van der Waals surface area contributed by atoms with Crippen molar-refractivity contribution in [3.8, 4) is 5.88 Å². The van der Waals surface area contributed by atoms with Gasteiger partial charge in [-0.1, -0.05) is 0 Å². The quantitative estimate of drug-likeness (QED) is 0.644. The zero-order chi connectivity index (χ0) is 19.4. The van der Waals surface area contributed by atoms with Crippen LogP contribution >= 0.6 is 0 Å². The Balaban J connectivity index is 3.30. The summed E-state index contributed by atoms with van der Waals surface area (Å²) in [6, 6.07) is 0.811. The van der Waals surface area contributed by atoms with E-state index in [1.54, 1.807) is 20.8 Å². The third kappa shape index (κ3) is 6.02. The van der Waals surface area contributed by atoms with Gasteiger partial charge in [-0.3, -0.25) is 10.1 Å². The molecule has 138 valence electrons. The summed E-state index contributed by atoms with van der Waals surface area (Å²) in [7, 11) is 4.18. The molecule has 0 unspecified atom stereocenters. The van der Waals surface area contributed by atoms with Crippen molar-refractivity contribution in [2.24, 2.45) is 0 Å². The summed E-state index contributed by atoms with van der Waals surface area (Å²) in [5, 5.41) is 2.20. The minimum absolute atomic E-state index is 0.333. The maximum Gasteiger partial charge on any atom is 0.412 e. The van der Waals surface area contributed by atoms with Crippen LogP contribution in [0.5, 0.6) is 5.88 Å². The third-order valence-corrected chi connectivity index (χ3v) is 2.58. The predicted molar refractivity (Wildman–Crippen MR) is 87.8 cm³/mol. The molecule has 1 heterocycles. The van der Waals surface area contributed by atoms with Gasteiger partial charge >= 0.3 is 6.09 Å². The second-order valence-corrected chi connectivity index (χ2v) is 6.27. The first-order valence-corrected chi connectivity index (χ1v) is 7.27. The van der Waals surface area contributed by atoms with E-state index in [9.17, 15) is 18.4 Å². The van der Waals surface area contributed by atoms with Crippen molar-refractivity contribution in [1.82, 2.24) is 9.88 Å². The molecule has 0 saturated carbocycles. The molecule has 0 atom stereocenters. The molecule has 0 spiro atoms. The lowest BCUT2D eigenvalue weighted by Gasteiger charge is -2.20. The number of hydrogen-bond donors (Lipinski definition) is 1. The molecule has 1 N–H and O–H groups in total. The van der Waals surface area contributed by atoms with Gasteiger partial charge in [0.15, 0.2) is 11.6 Å². The van der Waals surface area contributed by atoms with Gasteiger partial charge in [-0.05, 0) is 20.8 Å². The molecule has 1 aromatic rings. The Labute approximate surface area is 144 Å². The molecule has 0 aromatic carbocycles. The lowest BCUT2D eigenvalue weighted by molar-refractivity contribution is 0.0635. The van der Waals surface area contributed by atoms with Crippen LogP contribution in [-0.2, 0) is 4.74 Å². The summed E-state index contributed by atoms with van der Waals surface area (Å²) in [5.41, 5.74) is -1.66. The molecule has 0 bridgehead atoms. The van der Waals surface area contributed by atoms with Gasteiger partial charge in [0, 0.05) is 26.4 Å². The highest BCUT2D eigenvalue weighted by Crippen LogP contribution is 2.25. The maximum absolute atomic E-state index is 14.0. The summed E-state index contributed by atoms with van der Waals surface area (Å²) in [5.74, 6) is -3.71. The van der Waals surface area contributed by atoms with Crippen LogP contribution in [0.25, 0.3) is 0 Å². The number of methoxy groups -OCH3 is 1. The zero-order valence-corrected chi connectivity index (χ0v) is 14.9. The average molecular weight is 357 g/mol. The van der Waals surface area contributed by atoms with Gasteiger partial charge in [-0.25, -0.2) is 18.6 Å². The molecule has 9 heteroatoms. The number of rotatable bonds is 5. The number of allylic oxidation sites excluding steroid dienone is 1. The van der Waals surface area contributed by atoms with E-state index in [1.165, 1.54) is 19.0 Å². The SMILES string of the molecule is COc1nc(C(=O)/C(F)=C/N(C)C)c(NC(=O)OC(C)(C)C)cc1F. The number of carbonyl (C=O) groups excluding carboxylic acids is 2. The topological polar surface area (TPSA) is 80.8 Å². The summed E-state index contributed by atoms with van der Waals surface area (Å²) in [6.07, 6.45) is -0.0122. The number of amides is 1. The fourth-order valence-electron chi connectivity index (χ4n) is 1.70. The van der Waals surface area contributed by atoms with Gasteiger partial charge in [-0.2, -0.15) is 0 Å². The first-order chi connectivity index (χ1) is 11.4. The van der Waals surface area contributed by atoms with Gasteiger partial charge in [0.2, 0.25) is 5.78 Å². The average Bonchev–Trinajstić information content (AvgIpc) is 2.44. The van der Waals surface area contributed by atoms with E-state index in [4.69, 9.17) is 9.47 Å². The van der Waals surface area contributed by atoms with Gasteiger partial charge in [0.1, 0.15) is 11.3 Å². The van der Waals surface area contributed by atoms with Crippen LogP contribution in [0.1, 0.15) is 31.3 Å². The first kappa shape index (κ1) is 20.3. The van der Waals surface area contributed by atoms with Crippen molar-refractivity contribution >= 4 is 17.6 Å². The largest absolute Gasteiger partial charge is 0.479 e. The van der Waals surface area contributed by atoms with Crippen molar-refractivity contribution in [1.29, 1.82) is 0 Å². The summed E-state index contributed by atoms with van der Waals surface area (Å²) < 4.78 is 37.6. The van der Waals surface area contributed by atoms with Crippen LogP contribution in [0.4, 0.5) is 19.3 Å². The van der Waals surface area contributed by atoms with Gasteiger partial charge < -0.3 is 14.4 Å². The molecular formula is C16H21F2N3O4. The van der Waals surface area contributed by atoms with Crippen molar-refractivity contribution in [3.05, 3.63) is 29.6 Å². The number of nitrogens with zero attached hydrogens (tertiary/aromatic N) is 2. The molecule has 0 aliphatic rings. The Hall–Kier alpha value is -2.71. The second-order valence-electron chi connectivity index (χ2n) is 6.27. The van der Waals surface area contributed by atoms with E-state index in [1.807, 2.05) is 0 Å². The highest BCUT2D eigenvalue weighted by Gasteiger charge is 2.25. The van der Waals surface area contributed by atoms with E-state index >= 15 is 0 Å². The van der Waals surface area contributed by atoms with Gasteiger partial charge in [0.25, 0.3) is 5.88 Å². The van der Waals surface area contributed by atoms with E-state index in [0.717, 1.165) is 19.4 Å². The lowest BCUT2D eigenvalue weighted by atomic mass is 10.2. The first-order valence-electron chi connectivity index (χ1n) is 7.27. The van der Waals surface area contributed by atoms with Crippen molar-refractivity contribution in [3.63, 3.8) is 0 Å². The number of nitrogens with one attached hydrogen (secondary N) is 1. The number of hydrogen-bond acceptors (Lipinski definition) is 6. The number of carbonyl (C=O) groups is 2. The number of pyridine rings is 1. The minimum atomic E-state index is -1.14. The Bertz CT molecular complexity index is 697. The Morgan fingerprint density at radius 3 is 2.40 bits per heavy atom. The van der Waals surface area contributed by atoms with E-state index < -0.39 is 40.7 Å². The minimum Gasteiger partial charge on any atom is -0.479 e. The smallest absolute Gasteiger partial charge is 0.412 e. The predicted octanol–water partition coefficient (Wildman–Crippen LogP) is 3.13. The highest BCUT2D eigenvalue weighted by molar-refractivity contribution is 6.10. The molecule has 1 amide bonds. The number of ether oxygens (including phenoxy) is 2. The van der Waals surface area contributed by atoms with Crippen LogP contribution in [0, 0.1) is 5.82 Å². The molecule has 0 saturated heterocycles. The molecular weight excluding hydrogens is 336 g/mol. The molecule has 7 nitrogen and oxygen atoms in total. The van der Waals surface area contributed by atoms with Crippen molar-refractivity contribution in [2.75, 3.05) is 26.5 Å². The van der Waals surface area contributed by atoms with E-state index in [2.05, 4.69) is 10.3 Å². The normalized spacial score (nSPS) is 11.8. The van der Waals surface area contributed by atoms with Crippen molar-refractivity contribution in [2.45, 2.75) is 26.4 Å². The molecule has 0 aliphatic heterocycles. The van der Waals surface area contributed by atoms with Crippen LogP contribution in [0.3, 0.4) is 0 Å². The highest BCUT2D eigenvalue weighted by atomic mass is 19.1. The van der Waals surface area contributed by atoms with Crippen LogP contribution < -0.4 is 10.1 Å². The summed E-state index contributed by atoms with van der Waals surface area (Å²) in [6.45, 7) is 4.89. The summed E-state index contributed by atoms with van der Waals surface area (Å²) in [4.78, 5) is 29.1. The van der Waals surface area contributed by atoms with E-state index in [-0.39, 0.29) is 5.69 Å². The fourth-order valence-corrected chi connectivity index (χ4v) is 1.70. The number of halogens is 2. The number of aromatic nitrogens is 1. The zero-order valence-electron chi connectivity index (χ0n) is 14.9. The van der Waals surface area contributed by atoms with Gasteiger partial charge in [-0.15, -0.1) is 0 Å². The number of anilines is 1.